The van der Waals surface area contributed by atoms with E-state index in [2.05, 4.69) is 0 Å². The lowest BCUT2D eigenvalue weighted by Crippen LogP contribution is -2.30. The molecule has 1 aliphatic rings. The molecular formula is C12H15ClFNO2S. The normalized spacial score (nSPS) is 16.9. The molecule has 0 N–H and O–H groups in total. The molecule has 3 nitrogen and oxygen atoms in total. The molecule has 6 heteroatoms. The SMILES string of the molecule is O=S(=O)(Cl)Cc1ccc(N2CCCCC2)c(F)c1. The highest BCUT2D eigenvalue weighted by Crippen LogP contribution is 2.25. The molecule has 1 aromatic rings. The zero-order chi connectivity index (χ0) is 13.2. The van der Waals surface area contributed by atoms with Gasteiger partial charge in [0.25, 0.3) is 0 Å². The van der Waals surface area contributed by atoms with E-state index in [1.165, 1.54) is 12.5 Å². The van der Waals surface area contributed by atoms with Crippen LogP contribution in [0.1, 0.15) is 24.8 Å². The van der Waals surface area contributed by atoms with E-state index in [-0.39, 0.29) is 11.6 Å². The van der Waals surface area contributed by atoms with Crippen LogP contribution in [0, 0.1) is 5.82 Å². The Kier molecular flexibility index (Phi) is 4.12. The first kappa shape index (κ1) is 13.6. The molecule has 100 valence electrons. The number of benzene rings is 1. The van der Waals surface area contributed by atoms with Crippen LogP contribution >= 0.6 is 10.7 Å². The largest absolute Gasteiger partial charge is 0.369 e. The van der Waals surface area contributed by atoms with E-state index in [1.807, 2.05) is 4.90 Å². The summed E-state index contributed by atoms with van der Waals surface area (Å²) in [6, 6.07) is 4.51. The number of rotatable bonds is 3. The smallest absolute Gasteiger partial charge is 0.236 e. The van der Waals surface area contributed by atoms with Gasteiger partial charge in [-0.3, -0.25) is 0 Å². The number of nitrogens with zero attached hydrogens (tertiary/aromatic N) is 1. The fourth-order valence-electron chi connectivity index (χ4n) is 2.23. The minimum Gasteiger partial charge on any atom is -0.369 e. The molecule has 0 bridgehead atoms. The van der Waals surface area contributed by atoms with Crippen molar-refractivity contribution in [1.29, 1.82) is 0 Å². The van der Waals surface area contributed by atoms with Crippen molar-refractivity contribution in [2.75, 3.05) is 18.0 Å². The lowest BCUT2D eigenvalue weighted by atomic mass is 10.1. The molecule has 0 aliphatic carbocycles. The highest BCUT2D eigenvalue weighted by molar-refractivity contribution is 8.13. The Morgan fingerprint density at radius 3 is 2.44 bits per heavy atom. The Hall–Kier alpha value is -0.810. The summed E-state index contributed by atoms with van der Waals surface area (Å²) in [6.07, 6.45) is 3.31. The second-order valence-corrected chi connectivity index (χ2v) is 7.29. The van der Waals surface area contributed by atoms with Crippen LogP contribution in [0.2, 0.25) is 0 Å². The van der Waals surface area contributed by atoms with Crippen LogP contribution in [-0.2, 0) is 14.8 Å². The number of piperidine rings is 1. The Morgan fingerprint density at radius 1 is 1.22 bits per heavy atom. The average molecular weight is 292 g/mol. The Bertz CT molecular complexity index is 527. The van der Waals surface area contributed by atoms with Crippen LogP contribution in [0.25, 0.3) is 0 Å². The highest BCUT2D eigenvalue weighted by atomic mass is 35.7. The molecule has 0 unspecified atom stereocenters. The molecule has 1 heterocycles. The predicted molar refractivity (Wildman–Crippen MR) is 70.9 cm³/mol. The van der Waals surface area contributed by atoms with Gasteiger partial charge in [-0.05, 0) is 37.0 Å². The van der Waals surface area contributed by atoms with Gasteiger partial charge in [-0.25, -0.2) is 12.8 Å². The van der Waals surface area contributed by atoms with Crippen molar-refractivity contribution >= 4 is 25.4 Å². The predicted octanol–water partition coefficient (Wildman–Crippen LogP) is 2.88. The Labute approximate surface area is 111 Å². The van der Waals surface area contributed by atoms with Gasteiger partial charge in [-0.2, -0.15) is 0 Å². The summed E-state index contributed by atoms with van der Waals surface area (Å²) in [5.74, 6) is -0.721. The lowest BCUT2D eigenvalue weighted by Gasteiger charge is -2.29. The van der Waals surface area contributed by atoms with Gasteiger partial charge in [0, 0.05) is 23.8 Å². The van der Waals surface area contributed by atoms with Gasteiger partial charge in [-0.15, -0.1) is 0 Å². The molecule has 0 amide bonds. The van der Waals surface area contributed by atoms with Gasteiger partial charge in [0.05, 0.1) is 11.4 Å². The van der Waals surface area contributed by atoms with Crippen LogP contribution in [0.4, 0.5) is 10.1 Å². The van der Waals surface area contributed by atoms with E-state index >= 15 is 0 Å². The van der Waals surface area contributed by atoms with Crippen molar-refractivity contribution < 1.29 is 12.8 Å². The molecular weight excluding hydrogens is 277 g/mol. The number of halogens is 2. The zero-order valence-electron chi connectivity index (χ0n) is 9.90. The zero-order valence-corrected chi connectivity index (χ0v) is 11.5. The van der Waals surface area contributed by atoms with E-state index in [9.17, 15) is 12.8 Å². The van der Waals surface area contributed by atoms with Gasteiger partial charge in [0.2, 0.25) is 9.05 Å². The van der Waals surface area contributed by atoms with Gasteiger partial charge >= 0.3 is 0 Å². The second-order valence-electron chi connectivity index (χ2n) is 4.52. The molecule has 1 fully saturated rings. The first-order chi connectivity index (χ1) is 8.46. The number of hydrogen-bond donors (Lipinski definition) is 0. The summed E-state index contributed by atoms with van der Waals surface area (Å²) in [4.78, 5) is 2.00. The Morgan fingerprint density at radius 2 is 1.89 bits per heavy atom. The molecule has 1 aliphatic heterocycles. The number of hydrogen-bond acceptors (Lipinski definition) is 3. The summed E-state index contributed by atoms with van der Waals surface area (Å²) in [5.41, 5.74) is 0.925. The average Bonchev–Trinajstić information content (AvgIpc) is 2.28. The Balaban J connectivity index is 2.19. The first-order valence-corrected chi connectivity index (χ1v) is 8.39. The van der Waals surface area contributed by atoms with E-state index in [0.29, 0.717) is 11.3 Å². The highest BCUT2D eigenvalue weighted by Gasteiger charge is 2.16. The van der Waals surface area contributed by atoms with E-state index in [1.54, 1.807) is 12.1 Å². The van der Waals surface area contributed by atoms with Crippen molar-refractivity contribution in [2.45, 2.75) is 25.0 Å². The van der Waals surface area contributed by atoms with Gasteiger partial charge in [-0.1, -0.05) is 6.07 Å². The maximum absolute atomic E-state index is 13.9. The standard InChI is InChI=1S/C12H15ClFNO2S/c13-18(16,17)9-10-4-5-12(11(14)8-10)15-6-2-1-3-7-15/h4-5,8H,1-3,6-7,9H2. The fourth-order valence-corrected chi connectivity index (χ4v) is 3.19. The maximum atomic E-state index is 13.9. The van der Waals surface area contributed by atoms with Crippen molar-refractivity contribution in [2.24, 2.45) is 0 Å². The molecule has 18 heavy (non-hydrogen) atoms. The molecule has 2 rings (SSSR count). The molecule has 0 spiro atoms. The third kappa shape index (κ3) is 3.59. The summed E-state index contributed by atoms with van der Waals surface area (Å²) >= 11 is 0. The lowest BCUT2D eigenvalue weighted by molar-refractivity contribution is 0.556. The van der Waals surface area contributed by atoms with E-state index < -0.39 is 9.05 Å². The topological polar surface area (TPSA) is 37.4 Å². The minimum atomic E-state index is -3.64. The molecule has 0 atom stereocenters. The van der Waals surface area contributed by atoms with Crippen LogP contribution in [0.15, 0.2) is 18.2 Å². The first-order valence-electron chi connectivity index (χ1n) is 5.91. The summed E-state index contributed by atoms with van der Waals surface area (Å²) in [5, 5.41) is 0. The number of anilines is 1. The third-order valence-corrected chi connectivity index (χ3v) is 4.05. The fraction of sp³-hybridized carbons (Fsp3) is 0.500. The van der Waals surface area contributed by atoms with Crippen LogP contribution in [-0.4, -0.2) is 21.5 Å². The van der Waals surface area contributed by atoms with Gasteiger partial charge in [0.1, 0.15) is 5.82 Å². The summed E-state index contributed by atoms with van der Waals surface area (Å²) in [6.45, 7) is 1.70. The third-order valence-electron chi connectivity index (χ3n) is 3.05. The van der Waals surface area contributed by atoms with Crippen LogP contribution in [0.5, 0.6) is 0 Å². The summed E-state index contributed by atoms with van der Waals surface area (Å²) in [7, 11) is 1.51. The van der Waals surface area contributed by atoms with Crippen LogP contribution in [0.3, 0.4) is 0 Å². The second kappa shape index (κ2) is 5.45. The van der Waals surface area contributed by atoms with Gasteiger partial charge in [0.15, 0.2) is 0 Å². The quantitative estimate of drug-likeness (QED) is 0.804. The molecule has 1 saturated heterocycles. The summed E-state index contributed by atoms with van der Waals surface area (Å²) < 4.78 is 35.8. The molecule has 0 aromatic heterocycles. The van der Waals surface area contributed by atoms with E-state index in [4.69, 9.17) is 10.7 Å². The van der Waals surface area contributed by atoms with E-state index in [0.717, 1.165) is 25.9 Å². The van der Waals surface area contributed by atoms with Crippen molar-refractivity contribution in [1.82, 2.24) is 0 Å². The molecule has 1 aromatic carbocycles. The molecule has 0 saturated carbocycles. The molecule has 0 radical (unpaired) electrons. The van der Waals surface area contributed by atoms with Crippen molar-refractivity contribution in [3.05, 3.63) is 29.6 Å². The maximum Gasteiger partial charge on any atom is 0.236 e. The van der Waals surface area contributed by atoms with Crippen molar-refractivity contribution in [3.8, 4) is 0 Å². The van der Waals surface area contributed by atoms with Crippen LogP contribution < -0.4 is 4.90 Å². The van der Waals surface area contributed by atoms with Crippen molar-refractivity contribution in [3.63, 3.8) is 0 Å². The minimum absolute atomic E-state index is 0.342. The van der Waals surface area contributed by atoms with Gasteiger partial charge < -0.3 is 4.90 Å². The monoisotopic (exact) mass is 291 g/mol.